The quantitative estimate of drug-likeness (QED) is 0.676. The molecule has 7 nitrogen and oxygen atoms in total. The lowest BCUT2D eigenvalue weighted by Crippen LogP contribution is -2.43. The number of hydrazine groups is 1. The summed E-state index contributed by atoms with van der Waals surface area (Å²) in [5, 5.41) is 0.251. The topological polar surface area (TPSA) is 104 Å². The third kappa shape index (κ3) is 4.96. The average Bonchev–Trinajstić information content (AvgIpc) is 2.61. The molecule has 0 aliphatic rings. The molecule has 0 saturated heterocycles. The average molecular weight is 396 g/mol. The van der Waals surface area contributed by atoms with Gasteiger partial charge in [0.2, 0.25) is 5.91 Å². The first-order valence-electron chi connectivity index (χ1n) is 7.68. The summed E-state index contributed by atoms with van der Waals surface area (Å²) in [5.41, 5.74) is 4.82. The summed E-state index contributed by atoms with van der Waals surface area (Å²) in [6.45, 7) is 3.35. The van der Waals surface area contributed by atoms with Crippen molar-refractivity contribution in [2.45, 2.75) is 18.7 Å². The number of benzene rings is 2. The molecule has 0 saturated carbocycles. The van der Waals surface area contributed by atoms with Crippen molar-refractivity contribution in [3.05, 3.63) is 59.1 Å². The van der Waals surface area contributed by atoms with Crippen molar-refractivity contribution >= 4 is 39.1 Å². The van der Waals surface area contributed by atoms with Crippen LogP contribution in [0.25, 0.3) is 0 Å². The van der Waals surface area contributed by atoms with Crippen molar-refractivity contribution in [1.82, 2.24) is 10.9 Å². The fourth-order valence-electron chi connectivity index (χ4n) is 1.89. The van der Waals surface area contributed by atoms with E-state index >= 15 is 0 Å². The SMILES string of the molecule is CC(C)C(=O)NNC(=O)c1cccc(S(=O)(=O)Nc2ccccc2Cl)c1. The number of para-hydroxylation sites is 1. The van der Waals surface area contributed by atoms with Crippen LogP contribution in [0.1, 0.15) is 24.2 Å². The van der Waals surface area contributed by atoms with Crippen molar-refractivity contribution in [2.75, 3.05) is 4.72 Å². The molecule has 0 bridgehead atoms. The normalized spacial score (nSPS) is 11.1. The second-order valence-corrected chi connectivity index (χ2v) is 7.80. The van der Waals surface area contributed by atoms with Gasteiger partial charge in [0.25, 0.3) is 15.9 Å². The van der Waals surface area contributed by atoms with E-state index in [1.165, 1.54) is 30.3 Å². The van der Waals surface area contributed by atoms with E-state index in [-0.39, 0.29) is 33.0 Å². The van der Waals surface area contributed by atoms with Crippen LogP contribution in [0.4, 0.5) is 5.69 Å². The molecule has 138 valence electrons. The molecule has 0 aliphatic carbocycles. The van der Waals surface area contributed by atoms with E-state index in [0.29, 0.717) is 0 Å². The van der Waals surface area contributed by atoms with Crippen LogP contribution in [0.3, 0.4) is 0 Å². The number of carbonyl (C=O) groups is 2. The lowest BCUT2D eigenvalue weighted by atomic mass is 10.2. The first-order chi connectivity index (χ1) is 12.2. The van der Waals surface area contributed by atoms with E-state index in [9.17, 15) is 18.0 Å². The molecule has 3 N–H and O–H groups in total. The molecule has 0 fully saturated rings. The monoisotopic (exact) mass is 395 g/mol. The van der Waals surface area contributed by atoms with Crippen LogP contribution in [0.15, 0.2) is 53.4 Å². The van der Waals surface area contributed by atoms with Crippen molar-refractivity contribution in [3.63, 3.8) is 0 Å². The summed E-state index contributed by atoms with van der Waals surface area (Å²) >= 11 is 5.96. The molecule has 0 radical (unpaired) electrons. The Hall–Kier alpha value is -2.58. The van der Waals surface area contributed by atoms with Gasteiger partial charge in [0.15, 0.2) is 0 Å². The van der Waals surface area contributed by atoms with Gasteiger partial charge in [-0.1, -0.05) is 43.6 Å². The molecule has 0 aromatic heterocycles. The largest absolute Gasteiger partial charge is 0.278 e. The van der Waals surface area contributed by atoms with Crippen molar-refractivity contribution < 1.29 is 18.0 Å². The minimum atomic E-state index is -3.94. The first kappa shape index (κ1) is 19.7. The third-order valence-electron chi connectivity index (χ3n) is 3.35. The first-order valence-corrected chi connectivity index (χ1v) is 9.54. The number of hydrogen-bond donors (Lipinski definition) is 3. The molecular weight excluding hydrogens is 378 g/mol. The zero-order valence-corrected chi connectivity index (χ0v) is 15.7. The van der Waals surface area contributed by atoms with E-state index in [4.69, 9.17) is 11.6 Å². The van der Waals surface area contributed by atoms with E-state index in [1.54, 1.807) is 32.0 Å². The van der Waals surface area contributed by atoms with Crippen LogP contribution in [0, 0.1) is 5.92 Å². The Morgan fingerprint density at radius 3 is 2.35 bits per heavy atom. The highest BCUT2D eigenvalue weighted by atomic mass is 35.5. The maximum absolute atomic E-state index is 12.5. The summed E-state index contributed by atoms with van der Waals surface area (Å²) in [6.07, 6.45) is 0. The summed E-state index contributed by atoms with van der Waals surface area (Å²) in [6, 6.07) is 11.8. The summed E-state index contributed by atoms with van der Waals surface area (Å²) < 4.78 is 27.4. The Morgan fingerprint density at radius 2 is 1.69 bits per heavy atom. The third-order valence-corrected chi connectivity index (χ3v) is 5.04. The number of halogens is 1. The molecule has 2 amide bonds. The van der Waals surface area contributed by atoms with Crippen LogP contribution < -0.4 is 15.6 Å². The smallest absolute Gasteiger partial charge is 0.269 e. The Bertz CT molecular complexity index is 929. The summed E-state index contributed by atoms with van der Waals surface area (Å²) in [7, 11) is -3.94. The van der Waals surface area contributed by atoms with E-state index in [0.717, 1.165) is 0 Å². The lowest BCUT2D eigenvalue weighted by molar-refractivity contribution is -0.124. The van der Waals surface area contributed by atoms with Gasteiger partial charge in [-0.25, -0.2) is 8.42 Å². The van der Waals surface area contributed by atoms with Crippen LogP contribution in [-0.2, 0) is 14.8 Å². The number of carbonyl (C=O) groups excluding carboxylic acids is 2. The van der Waals surface area contributed by atoms with Gasteiger partial charge in [-0.3, -0.25) is 25.2 Å². The van der Waals surface area contributed by atoms with Gasteiger partial charge in [-0.2, -0.15) is 0 Å². The molecule has 2 aromatic carbocycles. The van der Waals surface area contributed by atoms with E-state index in [1.807, 2.05) is 0 Å². The maximum atomic E-state index is 12.5. The van der Waals surface area contributed by atoms with Crippen LogP contribution in [0.2, 0.25) is 5.02 Å². The Labute approximate surface area is 156 Å². The standard InChI is InChI=1S/C17H18ClN3O4S/c1-11(2)16(22)19-20-17(23)12-6-5-7-13(10-12)26(24,25)21-15-9-4-3-8-14(15)18/h3-11,21H,1-2H3,(H,19,22)(H,20,23). The highest BCUT2D eigenvalue weighted by Gasteiger charge is 2.18. The molecule has 0 spiro atoms. The van der Waals surface area contributed by atoms with Gasteiger partial charge in [0.1, 0.15) is 0 Å². The molecule has 26 heavy (non-hydrogen) atoms. The molecule has 2 rings (SSSR count). The lowest BCUT2D eigenvalue weighted by Gasteiger charge is -2.12. The van der Waals surface area contributed by atoms with E-state index < -0.39 is 15.9 Å². The maximum Gasteiger partial charge on any atom is 0.269 e. The number of sulfonamides is 1. The predicted octanol–water partition coefficient (Wildman–Crippen LogP) is 2.56. The Balaban J connectivity index is 2.18. The summed E-state index contributed by atoms with van der Waals surface area (Å²) in [5.74, 6) is -1.29. The molecular formula is C17H18ClN3O4S. The van der Waals surface area contributed by atoms with Gasteiger partial charge in [0.05, 0.1) is 15.6 Å². The molecule has 0 atom stereocenters. The predicted molar refractivity (Wildman–Crippen MR) is 99.1 cm³/mol. The van der Waals surface area contributed by atoms with Gasteiger partial charge in [-0.15, -0.1) is 0 Å². The molecule has 0 unspecified atom stereocenters. The zero-order chi connectivity index (χ0) is 19.3. The number of hydrogen-bond acceptors (Lipinski definition) is 4. The highest BCUT2D eigenvalue weighted by Crippen LogP contribution is 2.24. The zero-order valence-electron chi connectivity index (χ0n) is 14.1. The van der Waals surface area contributed by atoms with Crippen LogP contribution in [0.5, 0.6) is 0 Å². The van der Waals surface area contributed by atoms with Crippen LogP contribution in [-0.4, -0.2) is 20.2 Å². The number of anilines is 1. The minimum Gasteiger partial charge on any atom is -0.278 e. The molecule has 2 aromatic rings. The van der Waals surface area contributed by atoms with Gasteiger partial charge in [0, 0.05) is 11.5 Å². The van der Waals surface area contributed by atoms with Crippen LogP contribution >= 0.6 is 11.6 Å². The van der Waals surface area contributed by atoms with Crippen molar-refractivity contribution in [2.24, 2.45) is 5.92 Å². The highest BCUT2D eigenvalue weighted by molar-refractivity contribution is 7.92. The van der Waals surface area contributed by atoms with Gasteiger partial charge < -0.3 is 0 Å². The van der Waals surface area contributed by atoms with E-state index in [2.05, 4.69) is 15.6 Å². The van der Waals surface area contributed by atoms with Gasteiger partial charge >= 0.3 is 0 Å². The van der Waals surface area contributed by atoms with Gasteiger partial charge in [-0.05, 0) is 30.3 Å². The van der Waals surface area contributed by atoms with Crippen molar-refractivity contribution in [3.8, 4) is 0 Å². The second kappa shape index (κ2) is 8.20. The fraction of sp³-hybridized carbons (Fsp3) is 0.176. The molecule has 9 heteroatoms. The molecule has 0 heterocycles. The fourth-order valence-corrected chi connectivity index (χ4v) is 3.25. The minimum absolute atomic E-state index is 0.0797. The summed E-state index contributed by atoms with van der Waals surface area (Å²) in [4.78, 5) is 23.5. The number of nitrogens with one attached hydrogen (secondary N) is 3. The number of rotatable bonds is 5. The number of amides is 2. The van der Waals surface area contributed by atoms with Crippen molar-refractivity contribution in [1.29, 1.82) is 0 Å². The second-order valence-electron chi connectivity index (χ2n) is 5.71. The molecule has 0 aliphatic heterocycles. The Morgan fingerprint density at radius 1 is 1.00 bits per heavy atom. The Kier molecular flexibility index (Phi) is 6.23.